The molecule has 0 unspecified atom stereocenters. The minimum atomic E-state index is -5.16. The topological polar surface area (TPSA) is 116 Å². The van der Waals surface area contributed by atoms with E-state index in [0.29, 0.717) is 0 Å². The van der Waals surface area contributed by atoms with Gasteiger partial charge in [0.2, 0.25) is 0 Å². The number of carbonyl (C=O) groups is 1. The van der Waals surface area contributed by atoms with E-state index < -0.39 is 26.9 Å². The van der Waals surface area contributed by atoms with E-state index >= 15 is 0 Å². The van der Waals surface area contributed by atoms with Gasteiger partial charge in [0, 0.05) is 11.3 Å². The molecule has 2 aromatic carbocycles. The molecule has 1 N–H and O–H groups in total. The van der Waals surface area contributed by atoms with Crippen molar-refractivity contribution < 1.29 is 37.8 Å². The SMILES string of the molecule is O=C(Nc1ccc(OS(=O)(=O)F)cc1)c1ccc(OS(=O)(=O)F)cc1. The highest BCUT2D eigenvalue weighted by Crippen LogP contribution is 2.19. The first-order chi connectivity index (χ1) is 11.5. The van der Waals surface area contributed by atoms with Gasteiger partial charge >= 0.3 is 21.0 Å². The first-order valence-corrected chi connectivity index (χ1v) is 8.93. The number of amides is 1. The maximum atomic E-state index is 12.4. The Hall–Kier alpha value is -2.73. The van der Waals surface area contributed by atoms with Crippen LogP contribution >= 0.6 is 0 Å². The lowest BCUT2D eigenvalue weighted by molar-refractivity contribution is 0.102. The minimum absolute atomic E-state index is 0.107. The van der Waals surface area contributed by atoms with Crippen molar-refractivity contribution in [3.63, 3.8) is 0 Å². The minimum Gasteiger partial charge on any atom is -0.358 e. The monoisotopic (exact) mass is 393 g/mol. The summed E-state index contributed by atoms with van der Waals surface area (Å²) in [7, 11) is -10.3. The standard InChI is InChI=1S/C13H9F2NO7S2/c14-24(18,19)22-11-5-1-9(2-6-11)13(17)16-10-3-7-12(8-4-10)23-25(15,20)21/h1-8H,(H,16,17). The Balaban J connectivity index is 2.04. The predicted molar refractivity (Wildman–Crippen MR) is 82.1 cm³/mol. The number of hydrogen-bond donors (Lipinski definition) is 1. The van der Waals surface area contributed by atoms with Crippen molar-refractivity contribution >= 4 is 32.6 Å². The van der Waals surface area contributed by atoms with E-state index in [4.69, 9.17) is 0 Å². The lowest BCUT2D eigenvalue weighted by Gasteiger charge is -2.07. The summed E-state index contributed by atoms with van der Waals surface area (Å²) in [5, 5.41) is 2.45. The molecule has 0 saturated heterocycles. The van der Waals surface area contributed by atoms with Crippen LogP contribution in [0.15, 0.2) is 48.5 Å². The average molecular weight is 393 g/mol. The molecule has 25 heavy (non-hydrogen) atoms. The molecule has 1 amide bonds. The van der Waals surface area contributed by atoms with Gasteiger partial charge in [-0.2, -0.15) is 16.8 Å². The number of carbonyl (C=O) groups excluding carboxylic acids is 1. The summed E-state index contributed by atoms with van der Waals surface area (Å²) in [5.41, 5.74) is 0.357. The smallest absolute Gasteiger partial charge is 0.358 e. The molecule has 0 aliphatic rings. The van der Waals surface area contributed by atoms with Gasteiger partial charge in [-0.3, -0.25) is 4.79 Å². The summed E-state index contributed by atoms with van der Waals surface area (Å²) >= 11 is 0. The van der Waals surface area contributed by atoms with Gasteiger partial charge in [-0.05, 0) is 48.5 Å². The Labute approximate surface area is 141 Å². The van der Waals surface area contributed by atoms with Crippen molar-refractivity contribution in [1.29, 1.82) is 0 Å². The molecule has 0 heterocycles. The van der Waals surface area contributed by atoms with Crippen LogP contribution in [0.3, 0.4) is 0 Å². The third-order valence-corrected chi connectivity index (χ3v) is 3.40. The summed E-state index contributed by atoms with van der Waals surface area (Å²) in [5.74, 6) is -1.19. The molecule has 0 saturated carbocycles. The second-order valence-corrected chi connectivity index (χ2v) is 6.36. The van der Waals surface area contributed by atoms with Crippen LogP contribution in [-0.2, 0) is 21.0 Å². The van der Waals surface area contributed by atoms with E-state index in [9.17, 15) is 29.4 Å². The van der Waals surface area contributed by atoms with Crippen molar-refractivity contribution in [3.05, 3.63) is 54.1 Å². The van der Waals surface area contributed by atoms with Gasteiger partial charge in [-0.1, -0.05) is 7.77 Å². The van der Waals surface area contributed by atoms with Gasteiger partial charge in [-0.25, -0.2) is 0 Å². The van der Waals surface area contributed by atoms with E-state index in [1.54, 1.807) is 0 Å². The number of benzene rings is 2. The zero-order valence-corrected chi connectivity index (χ0v) is 13.7. The molecule has 0 radical (unpaired) electrons. The third-order valence-electron chi connectivity index (χ3n) is 2.62. The highest BCUT2D eigenvalue weighted by atomic mass is 32.3. The molecule has 0 atom stereocenters. The molecule has 8 nitrogen and oxygen atoms in total. The maximum Gasteiger partial charge on any atom is 0.488 e. The Morgan fingerprint density at radius 3 is 1.56 bits per heavy atom. The maximum absolute atomic E-state index is 12.4. The van der Waals surface area contributed by atoms with Gasteiger partial charge in [0.25, 0.3) is 5.91 Å². The Morgan fingerprint density at radius 1 is 0.760 bits per heavy atom. The van der Waals surface area contributed by atoms with Gasteiger partial charge in [0.05, 0.1) is 0 Å². The summed E-state index contributed by atoms with van der Waals surface area (Å²) in [6.07, 6.45) is 0. The molecule has 0 bridgehead atoms. The first-order valence-electron chi connectivity index (χ1n) is 6.31. The zero-order valence-electron chi connectivity index (χ0n) is 12.0. The molecule has 0 aliphatic carbocycles. The molecule has 12 heteroatoms. The highest BCUT2D eigenvalue weighted by molar-refractivity contribution is 7.82. The number of anilines is 1. The van der Waals surface area contributed by atoms with Crippen molar-refractivity contribution in [2.75, 3.05) is 5.32 Å². The van der Waals surface area contributed by atoms with Crippen molar-refractivity contribution in [3.8, 4) is 11.5 Å². The van der Waals surface area contributed by atoms with Gasteiger partial charge in [0.1, 0.15) is 11.5 Å². The lowest BCUT2D eigenvalue weighted by Crippen LogP contribution is -2.12. The quantitative estimate of drug-likeness (QED) is 0.747. The average Bonchev–Trinajstić information content (AvgIpc) is 2.47. The third kappa shape index (κ3) is 6.35. The van der Waals surface area contributed by atoms with Crippen LogP contribution < -0.4 is 13.7 Å². The molecule has 2 rings (SSSR count). The van der Waals surface area contributed by atoms with Crippen LogP contribution in [0, 0.1) is 0 Å². The van der Waals surface area contributed by atoms with Crippen LogP contribution in [0.1, 0.15) is 10.4 Å². The Bertz CT molecular complexity index is 972. The van der Waals surface area contributed by atoms with Gasteiger partial charge in [0.15, 0.2) is 0 Å². The Kier molecular flexibility index (Phi) is 5.23. The molecule has 134 valence electrons. The van der Waals surface area contributed by atoms with E-state index in [-0.39, 0.29) is 22.7 Å². The molecule has 2 aromatic rings. The fraction of sp³-hybridized carbons (Fsp3) is 0. The number of rotatable bonds is 6. The summed E-state index contributed by atoms with van der Waals surface area (Å²) < 4.78 is 74.0. The number of halogens is 2. The second-order valence-electron chi connectivity index (χ2n) is 4.46. The Morgan fingerprint density at radius 2 is 1.16 bits per heavy atom. The van der Waals surface area contributed by atoms with Gasteiger partial charge in [-0.15, -0.1) is 0 Å². The van der Waals surface area contributed by atoms with E-state index in [2.05, 4.69) is 13.7 Å². The van der Waals surface area contributed by atoms with Crippen LogP contribution in [-0.4, -0.2) is 22.7 Å². The van der Waals surface area contributed by atoms with Crippen LogP contribution in [0.4, 0.5) is 13.5 Å². The van der Waals surface area contributed by atoms with Crippen LogP contribution in [0.25, 0.3) is 0 Å². The second kappa shape index (κ2) is 7.03. The van der Waals surface area contributed by atoms with Crippen LogP contribution in [0.5, 0.6) is 11.5 Å². The largest absolute Gasteiger partial charge is 0.488 e. The normalized spacial score (nSPS) is 11.6. The fourth-order valence-electron chi connectivity index (χ4n) is 1.69. The van der Waals surface area contributed by atoms with Crippen LogP contribution in [0.2, 0.25) is 0 Å². The molecular weight excluding hydrogens is 384 g/mol. The lowest BCUT2D eigenvalue weighted by atomic mass is 10.2. The fourth-order valence-corrected chi connectivity index (χ4v) is 2.37. The predicted octanol–water partition coefficient (Wildman–Crippen LogP) is 2.13. The van der Waals surface area contributed by atoms with Gasteiger partial charge < -0.3 is 13.7 Å². The van der Waals surface area contributed by atoms with E-state index in [1.807, 2.05) is 0 Å². The van der Waals surface area contributed by atoms with E-state index in [0.717, 1.165) is 24.3 Å². The number of nitrogens with one attached hydrogen (secondary N) is 1. The summed E-state index contributed by atoms with van der Waals surface area (Å²) in [6.45, 7) is 0. The zero-order chi connectivity index (χ0) is 18.7. The summed E-state index contributed by atoms with van der Waals surface area (Å²) in [4.78, 5) is 12.0. The molecule has 0 spiro atoms. The molecule has 0 fully saturated rings. The molecule has 0 aromatic heterocycles. The highest BCUT2D eigenvalue weighted by Gasteiger charge is 2.12. The van der Waals surface area contributed by atoms with E-state index in [1.165, 1.54) is 24.3 Å². The first kappa shape index (κ1) is 18.6. The number of hydrogen-bond acceptors (Lipinski definition) is 7. The van der Waals surface area contributed by atoms with Crippen molar-refractivity contribution in [1.82, 2.24) is 0 Å². The van der Waals surface area contributed by atoms with Crippen molar-refractivity contribution in [2.24, 2.45) is 0 Å². The van der Waals surface area contributed by atoms with Crippen molar-refractivity contribution in [2.45, 2.75) is 0 Å². The summed E-state index contributed by atoms with van der Waals surface area (Å²) in [6, 6.07) is 9.33. The molecule has 0 aliphatic heterocycles. The molecular formula is C13H9F2NO7S2.